The number of benzene rings is 2. The van der Waals surface area contributed by atoms with E-state index in [4.69, 9.17) is 16.3 Å². The van der Waals surface area contributed by atoms with Gasteiger partial charge in [-0.15, -0.1) is 11.3 Å². The molecule has 0 bridgehead atoms. The average Bonchev–Trinajstić information content (AvgIpc) is 3.02. The second kappa shape index (κ2) is 8.71. The molecule has 0 aliphatic carbocycles. The number of rotatable bonds is 5. The van der Waals surface area contributed by atoms with Gasteiger partial charge in [-0.05, 0) is 31.2 Å². The van der Waals surface area contributed by atoms with E-state index in [1.165, 1.54) is 6.07 Å². The van der Waals surface area contributed by atoms with Crippen molar-refractivity contribution in [1.82, 2.24) is 0 Å². The first-order valence-electron chi connectivity index (χ1n) is 8.63. The first-order chi connectivity index (χ1) is 14.9. The van der Waals surface area contributed by atoms with Gasteiger partial charge in [-0.3, -0.25) is 14.9 Å². The van der Waals surface area contributed by atoms with Crippen LogP contribution in [-0.4, -0.2) is 22.9 Å². The largest absolute Gasteiger partial charge is 0.448 e. The number of nitro groups is 1. The van der Waals surface area contributed by atoms with Crippen molar-refractivity contribution >= 4 is 56.3 Å². The molecule has 1 atom stereocenters. The number of hydrogen-bond acceptors (Lipinski definition) is 6. The highest BCUT2D eigenvalue weighted by Crippen LogP contribution is 2.38. The summed E-state index contributed by atoms with van der Waals surface area (Å²) < 4.78 is 58.5. The minimum atomic E-state index is -4.99. The minimum Gasteiger partial charge on any atom is -0.448 e. The molecule has 1 aromatic heterocycles. The second-order valence-corrected chi connectivity index (χ2v) is 7.84. The summed E-state index contributed by atoms with van der Waals surface area (Å²) in [4.78, 5) is 34.3. The Morgan fingerprint density at radius 1 is 1.22 bits per heavy atom. The Kier molecular flexibility index (Phi) is 6.37. The molecule has 32 heavy (non-hydrogen) atoms. The van der Waals surface area contributed by atoms with Gasteiger partial charge in [-0.1, -0.05) is 11.6 Å². The molecule has 0 saturated heterocycles. The zero-order valence-corrected chi connectivity index (χ0v) is 17.4. The molecule has 0 spiro atoms. The maximum absolute atomic E-state index is 13.4. The van der Waals surface area contributed by atoms with Crippen molar-refractivity contribution in [2.75, 3.05) is 5.32 Å². The molecular formula is C19H11ClF4N2O5S. The van der Waals surface area contributed by atoms with E-state index < -0.39 is 51.8 Å². The number of nitrogens with one attached hydrogen (secondary N) is 1. The minimum absolute atomic E-state index is 0.0164. The molecule has 0 aliphatic rings. The van der Waals surface area contributed by atoms with Crippen LogP contribution >= 0.6 is 22.9 Å². The molecule has 0 saturated carbocycles. The van der Waals surface area contributed by atoms with E-state index in [-0.39, 0.29) is 16.0 Å². The summed E-state index contributed by atoms with van der Waals surface area (Å²) in [5.41, 5.74) is -3.00. The smallest absolute Gasteiger partial charge is 0.418 e. The molecule has 168 valence electrons. The molecule has 0 radical (unpaired) electrons. The van der Waals surface area contributed by atoms with Crippen molar-refractivity contribution in [1.29, 1.82) is 0 Å². The number of hydrogen-bond donors (Lipinski definition) is 1. The van der Waals surface area contributed by atoms with Crippen LogP contribution < -0.4 is 5.32 Å². The Morgan fingerprint density at radius 3 is 2.53 bits per heavy atom. The average molecular weight is 491 g/mol. The number of anilines is 1. The van der Waals surface area contributed by atoms with Gasteiger partial charge in [0.1, 0.15) is 10.7 Å². The first kappa shape index (κ1) is 23.4. The van der Waals surface area contributed by atoms with Crippen molar-refractivity contribution in [3.05, 3.63) is 67.8 Å². The van der Waals surface area contributed by atoms with Crippen molar-refractivity contribution in [2.24, 2.45) is 0 Å². The fraction of sp³-hybridized carbons (Fsp3) is 0.158. The summed E-state index contributed by atoms with van der Waals surface area (Å²) in [5, 5.41) is 13.1. The molecule has 7 nitrogen and oxygen atoms in total. The Bertz CT molecular complexity index is 1240. The number of esters is 1. The molecule has 3 aromatic rings. The summed E-state index contributed by atoms with van der Waals surface area (Å²) >= 11 is 6.94. The van der Waals surface area contributed by atoms with Crippen LogP contribution in [0, 0.1) is 15.9 Å². The highest BCUT2D eigenvalue weighted by atomic mass is 35.5. The summed E-state index contributed by atoms with van der Waals surface area (Å²) in [6.45, 7) is 1.12. The monoisotopic (exact) mass is 490 g/mol. The van der Waals surface area contributed by atoms with Crippen LogP contribution in [0.4, 0.5) is 28.9 Å². The summed E-state index contributed by atoms with van der Waals surface area (Å²) in [6, 6.07) is 5.47. The Labute approximate surface area is 185 Å². The normalized spacial score (nSPS) is 12.4. The highest BCUT2D eigenvalue weighted by molar-refractivity contribution is 7.21. The lowest BCUT2D eigenvalue weighted by Gasteiger charge is -2.16. The van der Waals surface area contributed by atoms with Crippen molar-refractivity contribution in [3.8, 4) is 0 Å². The number of carbonyl (C=O) groups is 2. The molecule has 3 rings (SSSR count). The maximum Gasteiger partial charge on any atom is 0.418 e. The number of amides is 1. The van der Waals surface area contributed by atoms with Crippen molar-refractivity contribution in [2.45, 2.75) is 19.2 Å². The van der Waals surface area contributed by atoms with E-state index in [0.29, 0.717) is 10.1 Å². The molecule has 2 aromatic carbocycles. The fourth-order valence-corrected chi connectivity index (χ4v) is 4.08. The lowest BCUT2D eigenvalue weighted by atomic mass is 10.1. The van der Waals surface area contributed by atoms with Gasteiger partial charge < -0.3 is 10.1 Å². The van der Waals surface area contributed by atoms with Crippen LogP contribution in [0.3, 0.4) is 0 Å². The van der Waals surface area contributed by atoms with Gasteiger partial charge in [0.2, 0.25) is 0 Å². The molecule has 13 heteroatoms. The molecular weight excluding hydrogens is 480 g/mol. The van der Waals surface area contributed by atoms with Crippen molar-refractivity contribution in [3.63, 3.8) is 0 Å². The fourth-order valence-electron chi connectivity index (χ4n) is 2.66. The van der Waals surface area contributed by atoms with Gasteiger partial charge in [0.05, 0.1) is 21.2 Å². The predicted octanol–water partition coefficient (Wildman–Crippen LogP) is 5.80. The van der Waals surface area contributed by atoms with Crippen LogP contribution in [0.1, 0.15) is 22.2 Å². The molecule has 0 aliphatic heterocycles. The number of carbonyl (C=O) groups excluding carboxylic acids is 2. The van der Waals surface area contributed by atoms with Gasteiger partial charge in [0, 0.05) is 22.2 Å². The van der Waals surface area contributed by atoms with Gasteiger partial charge >= 0.3 is 12.1 Å². The van der Waals surface area contributed by atoms with Crippen LogP contribution in [0.2, 0.25) is 5.02 Å². The Hall–Kier alpha value is -3.25. The predicted molar refractivity (Wildman–Crippen MR) is 108 cm³/mol. The van der Waals surface area contributed by atoms with E-state index in [1.807, 2.05) is 5.32 Å². The number of ether oxygens (including phenoxy) is 1. The molecule has 1 heterocycles. The second-order valence-electron chi connectivity index (χ2n) is 6.41. The van der Waals surface area contributed by atoms with E-state index in [0.717, 1.165) is 42.5 Å². The van der Waals surface area contributed by atoms with Gasteiger partial charge in [0.15, 0.2) is 6.10 Å². The van der Waals surface area contributed by atoms with Crippen LogP contribution in [0.5, 0.6) is 0 Å². The number of non-ortho nitro benzene ring substituents is 1. The number of fused-ring (bicyclic) bond motifs is 1. The number of thiophene rings is 1. The van der Waals surface area contributed by atoms with E-state index in [1.54, 1.807) is 0 Å². The lowest BCUT2D eigenvalue weighted by Crippen LogP contribution is -2.30. The van der Waals surface area contributed by atoms with E-state index in [2.05, 4.69) is 0 Å². The SMILES string of the molecule is CC(OC(=O)c1sc2cc(F)ccc2c1Cl)C(=O)Nc1ccc([N+](=O)[O-])cc1C(F)(F)F. The molecule has 1 unspecified atom stereocenters. The molecule has 0 fully saturated rings. The highest BCUT2D eigenvalue weighted by Gasteiger charge is 2.36. The lowest BCUT2D eigenvalue weighted by molar-refractivity contribution is -0.385. The third-order valence-corrected chi connectivity index (χ3v) is 5.84. The van der Waals surface area contributed by atoms with Crippen molar-refractivity contribution < 1.29 is 36.8 Å². The quantitative estimate of drug-likeness (QED) is 0.211. The zero-order chi connectivity index (χ0) is 23.8. The molecule has 1 amide bonds. The third kappa shape index (κ3) is 4.81. The summed E-state index contributed by atoms with van der Waals surface area (Å²) in [6.07, 6.45) is -6.54. The van der Waals surface area contributed by atoms with E-state index >= 15 is 0 Å². The third-order valence-electron chi connectivity index (χ3n) is 4.21. The number of alkyl halides is 3. The Morgan fingerprint density at radius 2 is 1.91 bits per heavy atom. The van der Waals surface area contributed by atoms with E-state index in [9.17, 15) is 37.3 Å². The van der Waals surface area contributed by atoms with Gasteiger partial charge in [-0.2, -0.15) is 13.2 Å². The molecule has 1 N–H and O–H groups in total. The number of halogens is 5. The van der Waals surface area contributed by atoms with Crippen LogP contribution in [0.15, 0.2) is 36.4 Å². The first-order valence-corrected chi connectivity index (χ1v) is 9.83. The maximum atomic E-state index is 13.4. The van der Waals surface area contributed by atoms with Gasteiger partial charge in [0.25, 0.3) is 11.6 Å². The Balaban J connectivity index is 1.79. The van der Waals surface area contributed by atoms with Crippen LogP contribution in [-0.2, 0) is 15.7 Å². The topological polar surface area (TPSA) is 98.5 Å². The summed E-state index contributed by atoms with van der Waals surface area (Å²) in [5.74, 6) is -2.69. The standard InChI is InChI=1S/C19H11ClF4N2O5S/c1-8(31-18(28)16-15(20)11-4-2-9(21)6-14(11)32-16)17(27)25-13-5-3-10(26(29)30)7-12(13)19(22,23)24/h2-8H,1H3,(H,25,27). The summed E-state index contributed by atoms with van der Waals surface area (Å²) in [7, 11) is 0. The van der Waals surface area contributed by atoms with Crippen LogP contribution in [0.25, 0.3) is 10.1 Å². The number of nitro benzene ring substituents is 1. The van der Waals surface area contributed by atoms with Gasteiger partial charge in [-0.25, -0.2) is 9.18 Å². The number of nitrogens with zero attached hydrogens (tertiary/aromatic N) is 1. The zero-order valence-electron chi connectivity index (χ0n) is 15.8.